The van der Waals surface area contributed by atoms with E-state index in [9.17, 15) is 0 Å². The Balaban J connectivity index is 1.80. The summed E-state index contributed by atoms with van der Waals surface area (Å²) in [7, 11) is 0. The highest BCUT2D eigenvalue weighted by Gasteiger charge is 2.33. The van der Waals surface area contributed by atoms with Crippen LogP contribution in [-0.2, 0) is 6.42 Å². The minimum Gasteiger partial charge on any atom is -0.211 e. The second-order valence-electron chi connectivity index (χ2n) is 6.39. The van der Waals surface area contributed by atoms with Crippen molar-refractivity contribution >= 4 is 0 Å². The van der Waals surface area contributed by atoms with Gasteiger partial charge in [-0.05, 0) is 28.8 Å². The molecule has 118 valence electrons. The summed E-state index contributed by atoms with van der Waals surface area (Å²) in [5, 5.41) is 0. The zero-order valence-electron chi connectivity index (χ0n) is 13.8. The smallest absolute Gasteiger partial charge is 0.211 e. The SMILES string of the molecule is c1ccc(-c2cc(-c3ccccc3)c3c([o+]2)Cc2ccccc2-3)cc1. The first kappa shape index (κ1) is 14.2. The number of hydrogen-bond acceptors (Lipinski definition) is 0. The topological polar surface area (TPSA) is 11.3 Å². The summed E-state index contributed by atoms with van der Waals surface area (Å²) in [5.74, 6) is 1.98. The Hall–Kier alpha value is -3.19. The number of rotatable bonds is 2. The van der Waals surface area contributed by atoms with Gasteiger partial charge in [-0.2, -0.15) is 0 Å². The standard InChI is InChI=1S/C24H17O/c1-3-9-17(10-4-1)21-16-22(18-11-5-2-6-12-18)25-23-15-19-13-7-8-14-20(19)24(21)23/h1-14,16H,15H2/q+1. The van der Waals surface area contributed by atoms with Crippen molar-refractivity contribution in [3.8, 4) is 33.6 Å². The molecule has 1 aromatic heterocycles. The molecule has 0 unspecified atom stereocenters. The molecule has 1 heterocycles. The van der Waals surface area contributed by atoms with Crippen LogP contribution < -0.4 is 0 Å². The van der Waals surface area contributed by atoms with E-state index in [1.54, 1.807) is 0 Å². The molecule has 0 amide bonds. The van der Waals surface area contributed by atoms with Crippen LogP contribution in [0.1, 0.15) is 11.3 Å². The third kappa shape index (κ3) is 2.36. The fourth-order valence-corrected chi connectivity index (χ4v) is 3.67. The monoisotopic (exact) mass is 321 g/mol. The van der Waals surface area contributed by atoms with Crippen LogP contribution in [0.15, 0.2) is 95.4 Å². The van der Waals surface area contributed by atoms with Crippen LogP contribution in [0.3, 0.4) is 0 Å². The fraction of sp³-hybridized carbons (Fsp3) is 0.0417. The lowest BCUT2D eigenvalue weighted by Gasteiger charge is -2.06. The number of fused-ring (bicyclic) bond motifs is 3. The van der Waals surface area contributed by atoms with E-state index in [0.717, 1.165) is 23.5 Å². The van der Waals surface area contributed by atoms with E-state index in [-0.39, 0.29) is 0 Å². The van der Waals surface area contributed by atoms with Crippen LogP contribution in [0.2, 0.25) is 0 Å². The van der Waals surface area contributed by atoms with Gasteiger partial charge < -0.3 is 0 Å². The van der Waals surface area contributed by atoms with E-state index in [0.29, 0.717) is 0 Å². The summed E-state index contributed by atoms with van der Waals surface area (Å²) in [4.78, 5) is 0. The lowest BCUT2D eigenvalue weighted by Crippen LogP contribution is -1.89. The second-order valence-corrected chi connectivity index (χ2v) is 6.39. The number of hydrogen-bond donors (Lipinski definition) is 0. The molecule has 0 N–H and O–H groups in total. The van der Waals surface area contributed by atoms with Crippen molar-refractivity contribution in [3.63, 3.8) is 0 Å². The molecule has 1 aliphatic carbocycles. The highest BCUT2D eigenvalue weighted by atomic mass is 16.3. The second kappa shape index (κ2) is 5.71. The first-order valence-corrected chi connectivity index (χ1v) is 8.59. The van der Waals surface area contributed by atoms with Crippen LogP contribution in [0.25, 0.3) is 33.6 Å². The third-order valence-electron chi connectivity index (χ3n) is 4.84. The van der Waals surface area contributed by atoms with Gasteiger partial charge in [0.2, 0.25) is 0 Å². The zero-order valence-corrected chi connectivity index (χ0v) is 13.8. The molecule has 1 aliphatic rings. The molecule has 4 aromatic rings. The average molecular weight is 321 g/mol. The normalized spacial score (nSPS) is 11.8. The van der Waals surface area contributed by atoms with Crippen LogP contribution in [-0.4, -0.2) is 0 Å². The van der Waals surface area contributed by atoms with E-state index in [4.69, 9.17) is 4.42 Å². The average Bonchev–Trinajstić information content (AvgIpc) is 3.07. The molecule has 0 spiro atoms. The minimum absolute atomic E-state index is 0.853. The Morgan fingerprint density at radius 3 is 2.00 bits per heavy atom. The quantitative estimate of drug-likeness (QED) is 0.339. The lowest BCUT2D eigenvalue weighted by atomic mass is 9.95. The Morgan fingerprint density at radius 2 is 1.24 bits per heavy atom. The van der Waals surface area contributed by atoms with Crippen molar-refractivity contribution in [2.75, 3.05) is 0 Å². The molecule has 0 fully saturated rings. The van der Waals surface area contributed by atoms with Gasteiger partial charge in [-0.1, -0.05) is 72.8 Å². The van der Waals surface area contributed by atoms with Gasteiger partial charge in [0.25, 0.3) is 0 Å². The summed E-state index contributed by atoms with van der Waals surface area (Å²) < 4.78 is 6.35. The first-order valence-electron chi connectivity index (χ1n) is 8.59. The molecule has 5 rings (SSSR count). The molecule has 25 heavy (non-hydrogen) atoms. The van der Waals surface area contributed by atoms with Crippen molar-refractivity contribution in [2.24, 2.45) is 0 Å². The van der Waals surface area contributed by atoms with Gasteiger partial charge in [0.05, 0.1) is 23.6 Å². The van der Waals surface area contributed by atoms with Gasteiger partial charge >= 0.3 is 11.5 Å². The van der Waals surface area contributed by atoms with E-state index in [2.05, 4.69) is 84.9 Å². The maximum Gasteiger partial charge on any atom is 0.360 e. The predicted octanol–water partition coefficient (Wildman–Crippen LogP) is 6.47. The summed E-state index contributed by atoms with van der Waals surface area (Å²) in [6.45, 7) is 0. The molecule has 0 bridgehead atoms. The molecule has 3 aromatic carbocycles. The maximum absolute atomic E-state index is 6.35. The zero-order chi connectivity index (χ0) is 16.6. The maximum atomic E-state index is 6.35. The largest absolute Gasteiger partial charge is 0.360 e. The van der Waals surface area contributed by atoms with E-state index in [1.165, 1.54) is 27.8 Å². The Morgan fingerprint density at radius 1 is 0.600 bits per heavy atom. The van der Waals surface area contributed by atoms with Crippen molar-refractivity contribution in [3.05, 3.63) is 102 Å². The van der Waals surface area contributed by atoms with Crippen LogP contribution in [0.4, 0.5) is 0 Å². The van der Waals surface area contributed by atoms with Crippen molar-refractivity contribution in [1.29, 1.82) is 0 Å². The Kier molecular flexibility index (Phi) is 3.24. The lowest BCUT2D eigenvalue weighted by molar-refractivity contribution is 0.525. The van der Waals surface area contributed by atoms with Crippen LogP contribution >= 0.6 is 0 Å². The molecule has 0 radical (unpaired) electrons. The summed E-state index contributed by atoms with van der Waals surface area (Å²) in [6.07, 6.45) is 0.853. The Labute approximate surface area is 147 Å². The molecular formula is C24H17O+. The third-order valence-corrected chi connectivity index (χ3v) is 4.84. The van der Waals surface area contributed by atoms with E-state index in [1.807, 2.05) is 6.07 Å². The molecule has 0 saturated heterocycles. The Bertz CT molecular complexity index is 1050. The van der Waals surface area contributed by atoms with Crippen molar-refractivity contribution < 1.29 is 4.42 Å². The molecule has 0 saturated carbocycles. The van der Waals surface area contributed by atoms with Gasteiger partial charge in [0, 0.05) is 5.56 Å². The summed E-state index contributed by atoms with van der Waals surface area (Å²) >= 11 is 0. The minimum atomic E-state index is 0.853. The predicted molar refractivity (Wildman–Crippen MR) is 102 cm³/mol. The molecule has 0 atom stereocenters. The van der Waals surface area contributed by atoms with Crippen LogP contribution in [0.5, 0.6) is 0 Å². The highest BCUT2D eigenvalue weighted by Crippen LogP contribution is 2.45. The van der Waals surface area contributed by atoms with Crippen molar-refractivity contribution in [1.82, 2.24) is 0 Å². The molecule has 1 nitrogen and oxygen atoms in total. The van der Waals surface area contributed by atoms with Crippen molar-refractivity contribution in [2.45, 2.75) is 6.42 Å². The molecular weight excluding hydrogens is 304 g/mol. The highest BCUT2D eigenvalue weighted by molar-refractivity contribution is 5.90. The summed E-state index contributed by atoms with van der Waals surface area (Å²) in [5.41, 5.74) is 7.44. The number of benzene rings is 3. The molecule has 0 aliphatic heterocycles. The van der Waals surface area contributed by atoms with Gasteiger partial charge in [-0.3, -0.25) is 0 Å². The van der Waals surface area contributed by atoms with E-state index < -0.39 is 0 Å². The van der Waals surface area contributed by atoms with Crippen LogP contribution in [0, 0.1) is 0 Å². The van der Waals surface area contributed by atoms with E-state index >= 15 is 0 Å². The first-order chi connectivity index (χ1) is 12.4. The van der Waals surface area contributed by atoms with Gasteiger partial charge in [-0.15, -0.1) is 0 Å². The summed E-state index contributed by atoms with van der Waals surface area (Å²) in [6, 6.07) is 31.7. The fourth-order valence-electron chi connectivity index (χ4n) is 3.67. The molecule has 1 heteroatoms. The van der Waals surface area contributed by atoms with Gasteiger partial charge in [-0.25, -0.2) is 4.42 Å². The van der Waals surface area contributed by atoms with Gasteiger partial charge in [0.15, 0.2) is 0 Å². The van der Waals surface area contributed by atoms with Gasteiger partial charge in [0.1, 0.15) is 0 Å².